The van der Waals surface area contributed by atoms with Crippen LogP contribution in [0.2, 0.25) is 0 Å². The number of aromatic amines is 2. The number of rotatable bonds is 0. The standard InChI is InChI=1S/C6H6N4O/c7-3-1-8-5-4(3)9-2-10-6(5)11/h1-2,8H,7H2,(H,9,10,11). The number of nitrogens with two attached hydrogens (primary N) is 1. The van der Waals surface area contributed by atoms with E-state index in [-0.39, 0.29) is 5.56 Å². The summed E-state index contributed by atoms with van der Waals surface area (Å²) >= 11 is 0. The van der Waals surface area contributed by atoms with Crippen LogP contribution in [0.4, 0.5) is 5.69 Å². The van der Waals surface area contributed by atoms with E-state index in [1.54, 1.807) is 6.20 Å². The molecule has 2 aromatic heterocycles. The first kappa shape index (κ1) is 5.96. The lowest BCUT2D eigenvalue weighted by atomic mass is 10.4. The Bertz CT molecular complexity index is 441. The van der Waals surface area contributed by atoms with Gasteiger partial charge in [-0.15, -0.1) is 0 Å². The van der Waals surface area contributed by atoms with Gasteiger partial charge < -0.3 is 15.7 Å². The largest absolute Gasteiger partial charge is 0.396 e. The van der Waals surface area contributed by atoms with Crippen LogP contribution in [-0.2, 0) is 0 Å². The fourth-order valence-corrected chi connectivity index (χ4v) is 0.971. The number of anilines is 1. The molecule has 4 N–H and O–H groups in total. The number of hydrogen-bond donors (Lipinski definition) is 3. The van der Waals surface area contributed by atoms with Crippen molar-refractivity contribution in [1.29, 1.82) is 0 Å². The normalized spacial score (nSPS) is 10.5. The molecule has 0 amide bonds. The van der Waals surface area contributed by atoms with E-state index >= 15 is 0 Å². The lowest BCUT2D eigenvalue weighted by molar-refractivity contribution is 1.16. The van der Waals surface area contributed by atoms with E-state index in [9.17, 15) is 4.79 Å². The first-order valence-corrected chi connectivity index (χ1v) is 3.09. The monoisotopic (exact) mass is 150 g/mol. The van der Waals surface area contributed by atoms with Crippen molar-refractivity contribution in [3.05, 3.63) is 22.9 Å². The third-order valence-electron chi connectivity index (χ3n) is 1.50. The van der Waals surface area contributed by atoms with Crippen LogP contribution < -0.4 is 11.3 Å². The molecule has 0 spiro atoms. The van der Waals surface area contributed by atoms with Gasteiger partial charge in [-0.25, -0.2) is 4.98 Å². The minimum absolute atomic E-state index is 0.202. The molecule has 2 heterocycles. The van der Waals surface area contributed by atoms with Gasteiger partial charge >= 0.3 is 0 Å². The highest BCUT2D eigenvalue weighted by Gasteiger charge is 2.02. The van der Waals surface area contributed by atoms with Gasteiger partial charge in [0.25, 0.3) is 5.56 Å². The van der Waals surface area contributed by atoms with Crippen LogP contribution in [0.25, 0.3) is 11.0 Å². The minimum atomic E-state index is -0.202. The molecule has 0 unspecified atom stereocenters. The highest BCUT2D eigenvalue weighted by molar-refractivity contribution is 5.86. The highest BCUT2D eigenvalue weighted by Crippen LogP contribution is 2.11. The summed E-state index contributed by atoms with van der Waals surface area (Å²) in [6, 6.07) is 0. The number of nitrogen functional groups attached to an aromatic ring is 1. The summed E-state index contributed by atoms with van der Waals surface area (Å²) in [5.41, 5.74) is 6.73. The number of fused-ring (bicyclic) bond motifs is 1. The summed E-state index contributed by atoms with van der Waals surface area (Å²) in [6.45, 7) is 0. The molecule has 0 aliphatic rings. The molecule has 5 heteroatoms. The number of aromatic nitrogens is 3. The number of H-pyrrole nitrogens is 2. The molecular formula is C6H6N4O. The average molecular weight is 150 g/mol. The van der Waals surface area contributed by atoms with E-state index in [1.807, 2.05) is 0 Å². The lowest BCUT2D eigenvalue weighted by Gasteiger charge is -1.86. The first-order chi connectivity index (χ1) is 5.29. The Labute approximate surface area is 61.3 Å². The van der Waals surface area contributed by atoms with Crippen LogP contribution in [0.1, 0.15) is 0 Å². The van der Waals surface area contributed by atoms with Crippen LogP contribution in [0.5, 0.6) is 0 Å². The molecular weight excluding hydrogens is 144 g/mol. The molecule has 0 aliphatic heterocycles. The van der Waals surface area contributed by atoms with E-state index in [1.165, 1.54) is 6.33 Å². The molecule has 2 rings (SSSR count). The van der Waals surface area contributed by atoms with Crippen LogP contribution in [0.15, 0.2) is 17.3 Å². The van der Waals surface area contributed by atoms with Gasteiger partial charge in [-0.2, -0.15) is 0 Å². The second kappa shape index (κ2) is 1.85. The van der Waals surface area contributed by atoms with Crippen LogP contribution in [0.3, 0.4) is 0 Å². The average Bonchev–Trinajstić information content (AvgIpc) is 2.35. The molecule has 0 atom stereocenters. The van der Waals surface area contributed by atoms with E-state index in [4.69, 9.17) is 5.73 Å². The Morgan fingerprint density at radius 3 is 3.00 bits per heavy atom. The van der Waals surface area contributed by atoms with Crippen molar-refractivity contribution in [2.75, 3.05) is 5.73 Å². The van der Waals surface area contributed by atoms with Crippen molar-refractivity contribution in [3.8, 4) is 0 Å². The summed E-state index contributed by atoms with van der Waals surface area (Å²) in [4.78, 5) is 20.1. The zero-order valence-electron chi connectivity index (χ0n) is 5.59. The van der Waals surface area contributed by atoms with Gasteiger partial charge in [-0.3, -0.25) is 4.79 Å². The number of nitrogens with one attached hydrogen (secondary N) is 2. The smallest absolute Gasteiger partial charge is 0.275 e. The van der Waals surface area contributed by atoms with Gasteiger partial charge in [0, 0.05) is 6.20 Å². The van der Waals surface area contributed by atoms with Crippen molar-refractivity contribution < 1.29 is 0 Å². The first-order valence-electron chi connectivity index (χ1n) is 3.09. The summed E-state index contributed by atoms with van der Waals surface area (Å²) < 4.78 is 0. The predicted molar refractivity (Wildman–Crippen MR) is 41.1 cm³/mol. The van der Waals surface area contributed by atoms with Gasteiger partial charge in [0.05, 0.1) is 12.0 Å². The molecule has 0 radical (unpaired) electrons. The van der Waals surface area contributed by atoms with Gasteiger partial charge in [-0.1, -0.05) is 0 Å². The van der Waals surface area contributed by atoms with E-state index in [0.29, 0.717) is 16.7 Å². The molecule has 2 aromatic rings. The van der Waals surface area contributed by atoms with Gasteiger partial charge in [0.15, 0.2) is 0 Å². The van der Waals surface area contributed by atoms with E-state index in [0.717, 1.165) is 0 Å². The van der Waals surface area contributed by atoms with Crippen LogP contribution in [0, 0.1) is 0 Å². The zero-order valence-corrected chi connectivity index (χ0v) is 5.59. The Morgan fingerprint density at radius 2 is 2.27 bits per heavy atom. The fraction of sp³-hybridized carbons (Fsp3) is 0. The predicted octanol–water partition coefficient (Wildman–Crippen LogP) is -0.167. The summed E-state index contributed by atoms with van der Waals surface area (Å²) in [7, 11) is 0. The Hall–Kier alpha value is -1.78. The third kappa shape index (κ3) is 0.706. The van der Waals surface area contributed by atoms with Crippen LogP contribution in [-0.4, -0.2) is 15.0 Å². The molecule has 0 fully saturated rings. The lowest BCUT2D eigenvalue weighted by Crippen LogP contribution is -2.05. The molecule has 0 aliphatic carbocycles. The van der Waals surface area contributed by atoms with E-state index < -0.39 is 0 Å². The maximum atomic E-state index is 11.0. The molecule has 0 bridgehead atoms. The van der Waals surface area contributed by atoms with Crippen molar-refractivity contribution >= 4 is 16.7 Å². The second-order valence-corrected chi connectivity index (χ2v) is 2.20. The Kier molecular flexibility index (Phi) is 1.00. The number of nitrogens with zero attached hydrogens (tertiary/aromatic N) is 1. The Balaban J connectivity index is 3.06. The fourth-order valence-electron chi connectivity index (χ4n) is 0.971. The van der Waals surface area contributed by atoms with Crippen molar-refractivity contribution in [3.63, 3.8) is 0 Å². The van der Waals surface area contributed by atoms with Crippen molar-refractivity contribution in [1.82, 2.24) is 15.0 Å². The topological polar surface area (TPSA) is 87.6 Å². The maximum Gasteiger partial charge on any atom is 0.275 e. The van der Waals surface area contributed by atoms with E-state index in [2.05, 4.69) is 15.0 Å². The van der Waals surface area contributed by atoms with Crippen LogP contribution >= 0.6 is 0 Å². The van der Waals surface area contributed by atoms with Gasteiger partial charge in [0.2, 0.25) is 0 Å². The van der Waals surface area contributed by atoms with Gasteiger partial charge in [-0.05, 0) is 0 Å². The SMILES string of the molecule is Nc1c[nH]c2c(=O)[nH]cnc12. The maximum absolute atomic E-state index is 11.0. The molecule has 56 valence electrons. The quantitative estimate of drug-likeness (QED) is 0.487. The summed E-state index contributed by atoms with van der Waals surface area (Å²) in [6.07, 6.45) is 2.88. The van der Waals surface area contributed by atoms with Crippen molar-refractivity contribution in [2.45, 2.75) is 0 Å². The molecule has 0 saturated heterocycles. The van der Waals surface area contributed by atoms with Crippen molar-refractivity contribution in [2.24, 2.45) is 0 Å². The highest BCUT2D eigenvalue weighted by atomic mass is 16.1. The molecule has 11 heavy (non-hydrogen) atoms. The molecule has 5 nitrogen and oxygen atoms in total. The zero-order chi connectivity index (χ0) is 7.84. The minimum Gasteiger partial charge on any atom is -0.396 e. The summed E-state index contributed by atoms with van der Waals surface area (Å²) in [5.74, 6) is 0. The Morgan fingerprint density at radius 1 is 1.45 bits per heavy atom. The summed E-state index contributed by atoms with van der Waals surface area (Å²) in [5, 5.41) is 0. The molecule has 0 aromatic carbocycles. The van der Waals surface area contributed by atoms with Gasteiger partial charge in [0.1, 0.15) is 11.0 Å². The third-order valence-corrected chi connectivity index (χ3v) is 1.50. The second-order valence-electron chi connectivity index (χ2n) is 2.20. The number of hydrogen-bond acceptors (Lipinski definition) is 3. The molecule has 0 saturated carbocycles.